The van der Waals surface area contributed by atoms with Gasteiger partial charge >= 0.3 is 0 Å². The van der Waals surface area contributed by atoms with Crippen LogP contribution >= 0.6 is 0 Å². The number of rotatable bonds is 6. The van der Waals surface area contributed by atoms with Crippen molar-refractivity contribution >= 4 is 17.4 Å². The number of ketones is 1. The molecule has 1 aromatic heterocycles. The van der Waals surface area contributed by atoms with Crippen LogP contribution in [0.15, 0.2) is 42.2 Å². The summed E-state index contributed by atoms with van der Waals surface area (Å²) >= 11 is 0. The predicted molar refractivity (Wildman–Crippen MR) is 123 cm³/mol. The van der Waals surface area contributed by atoms with Gasteiger partial charge < -0.3 is 19.8 Å². The number of morpholine rings is 1. The van der Waals surface area contributed by atoms with Crippen molar-refractivity contribution in [2.75, 3.05) is 39.4 Å². The van der Waals surface area contributed by atoms with Crippen molar-refractivity contribution in [3.05, 3.63) is 64.5 Å². The van der Waals surface area contributed by atoms with Gasteiger partial charge in [-0.15, -0.1) is 0 Å². The molecule has 0 bridgehead atoms. The van der Waals surface area contributed by atoms with Crippen LogP contribution in [-0.2, 0) is 14.3 Å². The summed E-state index contributed by atoms with van der Waals surface area (Å²) in [5.74, 6) is -1.93. The van der Waals surface area contributed by atoms with Crippen molar-refractivity contribution in [1.29, 1.82) is 0 Å². The zero-order valence-electron chi connectivity index (χ0n) is 19.0. The Labute approximate surface area is 193 Å². The molecular weight excluding hydrogens is 422 g/mol. The molecule has 2 aromatic rings. The van der Waals surface area contributed by atoms with Gasteiger partial charge in [-0.2, -0.15) is 0 Å². The summed E-state index contributed by atoms with van der Waals surface area (Å²) in [4.78, 5) is 34.1. The fraction of sp³-hybridized carbons (Fsp3) is 0.400. The highest BCUT2D eigenvalue weighted by Crippen LogP contribution is 2.41. The smallest absolute Gasteiger partial charge is 0.295 e. The molecule has 1 atom stereocenters. The average Bonchev–Trinajstić information content (AvgIpc) is 3.07. The van der Waals surface area contributed by atoms with Crippen LogP contribution in [0.1, 0.15) is 34.7 Å². The SMILES string of the molecule is Cc1cc(O)c(C(O)=C2C(=O)C(=O)N(CCCN3CCOCC3)[C@@H]2c2cccnc2)cc1C. The van der Waals surface area contributed by atoms with E-state index in [1.54, 1.807) is 36.7 Å². The van der Waals surface area contributed by atoms with Gasteiger partial charge in [0, 0.05) is 38.6 Å². The van der Waals surface area contributed by atoms with E-state index in [2.05, 4.69) is 9.88 Å². The number of amides is 1. The van der Waals surface area contributed by atoms with Gasteiger partial charge in [0.25, 0.3) is 11.7 Å². The first-order chi connectivity index (χ1) is 15.9. The number of likely N-dealkylation sites (tertiary alicyclic amines) is 1. The van der Waals surface area contributed by atoms with Crippen LogP contribution in [0, 0.1) is 13.8 Å². The molecule has 2 aliphatic heterocycles. The summed E-state index contributed by atoms with van der Waals surface area (Å²) in [6.07, 6.45) is 3.89. The number of carbonyl (C=O) groups excluding carboxylic acids is 2. The topological polar surface area (TPSA) is 103 Å². The van der Waals surface area contributed by atoms with Gasteiger partial charge in [0.05, 0.1) is 30.4 Å². The van der Waals surface area contributed by atoms with E-state index < -0.39 is 17.7 Å². The molecular formula is C25H29N3O5. The van der Waals surface area contributed by atoms with Crippen molar-refractivity contribution in [2.45, 2.75) is 26.3 Å². The van der Waals surface area contributed by atoms with E-state index in [1.165, 1.54) is 4.90 Å². The molecule has 4 rings (SSSR count). The number of aryl methyl sites for hydroxylation is 2. The first-order valence-corrected chi connectivity index (χ1v) is 11.2. The summed E-state index contributed by atoms with van der Waals surface area (Å²) in [5, 5.41) is 21.6. The number of phenolic OH excluding ortho intramolecular Hbond substituents is 1. The fourth-order valence-electron chi connectivity index (χ4n) is 4.42. The molecule has 2 aliphatic rings. The normalized spacial score (nSPS) is 21.0. The Hall–Kier alpha value is -3.23. The van der Waals surface area contributed by atoms with Crippen LogP contribution < -0.4 is 0 Å². The van der Waals surface area contributed by atoms with Gasteiger partial charge in [-0.05, 0) is 55.2 Å². The van der Waals surface area contributed by atoms with Gasteiger partial charge in [0.1, 0.15) is 11.5 Å². The second-order valence-corrected chi connectivity index (χ2v) is 8.54. The molecule has 0 spiro atoms. The number of aromatic nitrogens is 1. The number of hydrogen-bond acceptors (Lipinski definition) is 7. The maximum absolute atomic E-state index is 13.1. The summed E-state index contributed by atoms with van der Waals surface area (Å²) < 4.78 is 5.38. The minimum atomic E-state index is -0.774. The molecule has 2 saturated heterocycles. The number of aliphatic hydroxyl groups is 1. The van der Waals surface area contributed by atoms with E-state index in [-0.39, 0.29) is 22.6 Å². The second-order valence-electron chi connectivity index (χ2n) is 8.54. The second kappa shape index (κ2) is 9.72. The van der Waals surface area contributed by atoms with E-state index in [0.29, 0.717) is 31.7 Å². The average molecular weight is 452 g/mol. The first-order valence-electron chi connectivity index (χ1n) is 11.2. The number of carbonyl (C=O) groups is 2. The number of nitrogens with zero attached hydrogens (tertiary/aromatic N) is 3. The largest absolute Gasteiger partial charge is 0.507 e. The standard InChI is InChI=1S/C25H29N3O5/c1-16-13-19(20(29)14-17(16)2)23(30)21-22(18-5-3-6-26-15-18)28(25(32)24(21)31)8-4-7-27-9-11-33-12-10-27/h3,5-6,13-15,22,29-30H,4,7-12H2,1-2H3/t22-/m1/s1. The molecule has 1 aromatic carbocycles. The number of aromatic hydroxyl groups is 1. The van der Waals surface area contributed by atoms with Crippen LogP contribution in [0.25, 0.3) is 5.76 Å². The summed E-state index contributed by atoms with van der Waals surface area (Å²) in [5.41, 5.74) is 2.45. The van der Waals surface area contributed by atoms with Gasteiger partial charge in [0.15, 0.2) is 0 Å². The quantitative estimate of drug-likeness (QED) is 0.395. The number of benzene rings is 1. The molecule has 0 saturated carbocycles. The monoisotopic (exact) mass is 451 g/mol. The highest BCUT2D eigenvalue weighted by Gasteiger charge is 2.46. The molecule has 174 valence electrons. The Morgan fingerprint density at radius 2 is 1.88 bits per heavy atom. The zero-order valence-corrected chi connectivity index (χ0v) is 19.0. The van der Waals surface area contributed by atoms with Crippen LogP contribution in [0.3, 0.4) is 0 Å². The van der Waals surface area contributed by atoms with Crippen molar-refractivity contribution in [3.63, 3.8) is 0 Å². The highest BCUT2D eigenvalue weighted by atomic mass is 16.5. The number of hydrogen-bond donors (Lipinski definition) is 2. The number of aliphatic hydroxyl groups excluding tert-OH is 1. The molecule has 3 heterocycles. The Bertz CT molecular complexity index is 1080. The molecule has 2 N–H and O–H groups in total. The lowest BCUT2D eigenvalue weighted by Gasteiger charge is -2.29. The molecule has 0 unspecified atom stereocenters. The highest BCUT2D eigenvalue weighted by molar-refractivity contribution is 6.46. The van der Waals surface area contributed by atoms with Crippen LogP contribution in [0.2, 0.25) is 0 Å². The Kier molecular flexibility index (Phi) is 6.76. The van der Waals surface area contributed by atoms with Crippen molar-refractivity contribution in [3.8, 4) is 5.75 Å². The van der Waals surface area contributed by atoms with Gasteiger partial charge in [-0.1, -0.05) is 6.07 Å². The van der Waals surface area contributed by atoms with E-state index >= 15 is 0 Å². The summed E-state index contributed by atoms with van der Waals surface area (Å²) in [6, 6.07) is 5.92. The maximum Gasteiger partial charge on any atom is 0.295 e. The Morgan fingerprint density at radius 3 is 2.58 bits per heavy atom. The summed E-state index contributed by atoms with van der Waals surface area (Å²) in [6.45, 7) is 7.92. The number of phenols is 1. The lowest BCUT2D eigenvalue weighted by atomic mass is 9.94. The molecule has 0 radical (unpaired) electrons. The third-order valence-electron chi connectivity index (χ3n) is 6.38. The zero-order chi connectivity index (χ0) is 23.5. The minimum absolute atomic E-state index is 0.0297. The van der Waals surface area contributed by atoms with Crippen LogP contribution in [-0.4, -0.2) is 76.1 Å². The van der Waals surface area contributed by atoms with Crippen LogP contribution in [0.4, 0.5) is 0 Å². The number of Topliss-reactive ketones (excluding diaryl/α,β-unsaturated/α-hetero) is 1. The molecule has 8 nitrogen and oxygen atoms in total. The van der Waals surface area contributed by atoms with Crippen molar-refractivity contribution in [1.82, 2.24) is 14.8 Å². The van der Waals surface area contributed by atoms with E-state index in [0.717, 1.165) is 30.8 Å². The Morgan fingerprint density at radius 1 is 1.15 bits per heavy atom. The molecule has 33 heavy (non-hydrogen) atoms. The van der Waals surface area contributed by atoms with Crippen LogP contribution in [0.5, 0.6) is 5.75 Å². The number of ether oxygens (including phenoxy) is 1. The number of pyridine rings is 1. The lowest BCUT2D eigenvalue weighted by molar-refractivity contribution is -0.140. The predicted octanol–water partition coefficient (Wildman–Crippen LogP) is 2.55. The van der Waals surface area contributed by atoms with E-state index in [9.17, 15) is 19.8 Å². The Balaban J connectivity index is 1.70. The molecule has 1 amide bonds. The van der Waals surface area contributed by atoms with E-state index in [1.807, 2.05) is 13.8 Å². The molecule has 8 heteroatoms. The molecule has 2 fully saturated rings. The van der Waals surface area contributed by atoms with Gasteiger partial charge in [-0.25, -0.2) is 0 Å². The van der Waals surface area contributed by atoms with Gasteiger partial charge in [-0.3, -0.25) is 19.5 Å². The minimum Gasteiger partial charge on any atom is -0.507 e. The fourth-order valence-corrected chi connectivity index (χ4v) is 4.42. The van der Waals surface area contributed by atoms with Crippen molar-refractivity contribution < 1.29 is 24.5 Å². The van der Waals surface area contributed by atoms with E-state index in [4.69, 9.17) is 4.74 Å². The third-order valence-corrected chi connectivity index (χ3v) is 6.38. The maximum atomic E-state index is 13.1. The first kappa shape index (κ1) is 22.9. The third kappa shape index (κ3) is 4.62. The van der Waals surface area contributed by atoms with Gasteiger partial charge in [0.2, 0.25) is 0 Å². The molecule has 0 aliphatic carbocycles. The lowest BCUT2D eigenvalue weighted by Crippen LogP contribution is -2.39. The summed E-state index contributed by atoms with van der Waals surface area (Å²) in [7, 11) is 0. The van der Waals surface area contributed by atoms with Crippen molar-refractivity contribution in [2.24, 2.45) is 0 Å².